The Hall–Kier alpha value is -2.49. The molecule has 34 heavy (non-hydrogen) atoms. The highest BCUT2D eigenvalue weighted by Crippen LogP contribution is 2.37. The number of aromatic amines is 1. The monoisotopic (exact) mass is 542 g/mol. The number of carbonyl (C=O) groups is 3. The lowest BCUT2D eigenvalue weighted by atomic mass is 9.93. The van der Waals surface area contributed by atoms with E-state index in [-0.39, 0.29) is 23.3 Å². The lowest BCUT2D eigenvalue weighted by Gasteiger charge is -2.29. The van der Waals surface area contributed by atoms with Crippen molar-refractivity contribution >= 4 is 44.7 Å². The van der Waals surface area contributed by atoms with Crippen LogP contribution in [0, 0.1) is 6.92 Å². The molecule has 3 rings (SSSR count). The predicted molar refractivity (Wildman–Crippen MR) is 126 cm³/mol. The highest BCUT2D eigenvalue weighted by atomic mass is 79.9. The van der Waals surface area contributed by atoms with E-state index in [2.05, 4.69) is 20.9 Å². The summed E-state index contributed by atoms with van der Waals surface area (Å²) in [6.07, 6.45) is -2.46. The smallest absolute Gasteiger partial charge is 0.410 e. The largest absolute Gasteiger partial charge is 0.465 e. The van der Waals surface area contributed by atoms with Gasteiger partial charge < -0.3 is 14.5 Å². The number of H-pyrrole nitrogens is 1. The second-order valence-corrected chi connectivity index (χ2v) is 10.2. The van der Waals surface area contributed by atoms with Gasteiger partial charge in [0.25, 0.3) is 6.43 Å². The SMILES string of the molecule is CCOC(=O)C(C(=O)[C@H]1CCCN1C(=O)OC(C)(C)C)c1cc2c(C(F)F)cc(Br)c(C)c2[nH]1. The van der Waals surface area contributed by atoms with Crippen LogP contribution < -0.4 is 0 Å². The fourth-order valence-electron chi connectivity index (χ4n) is 4.19. The minimum absolute atomic E-state index is 0.0378. The number of ether oxygens (including phenoxy) is 2. The molecule has 7 nitrogen and oxygen atoms in total. The molecule has 0 spiro atoms. The topological polar surface area (TPSA) is 88.7 Å². The number of hydrogen-bond donors (Lipinski definition) is 1. The normalized spacial score (nSPS) is 17.3. The summed E-state index contributed by atoms with van der Waals surface area (Å²) in [5.74, 6) is -2.74. The van der Waals surface area contributed by atoms with E-state index in [1.54, 1.807) is 34.6 Å². The summed E-state index contributed by atoms with van der Waals surface area (Å²) in [4.78, 5) is 43.6. The average Bonchev–Trinajstić information content (AvgIpc) is 3.37. The number of hydrogen-bond acceptors (Lipinski definition) is 5. The van der Waals surface area contributed by atoms with Gasteiger partial charge in [-0.1, -0.05) is 15.9 Å². The molecule has 0 aliphatic carbocycles. The lowest BCUT2D eigenvalue weighted by molar-refractivity contribution is -0.149. The van der Waals surface area contributed by atoms with Crippen molar-refractivity contribution in [3.05, 3.63) is 33.4 Å². The fourth-order valence-corrected chi connectivity index (χ4v) is 4.64. The fraction of sp³-hybridized carbons (Fsp3) is 0.542. The molecule has 1 aliphatic heterocycles. The van der Waals surface area contributed by atoms with Crippen molar-refractivity contribution in [1.29, 1.82) is 0 Å². The van der Waals surface area contributed by atoms with Gasteiger partial charge in [0.1, 0.15) is 5.60 Å². The van der Waals surface area contributed by atoms with Crippen LogP contribution >= 0.6 is 15.9 Å². The molecule has 1 aliphatic rings. The van der Waals surface area contributed by atoms with E-state index in [0.29, 0.717) is 34.9 Å². The van der Waals surface area contributed by atoms with Gasteiger partial charge in [-0.2, -0.15) is 0 Å². The van der Waals surface area contributed by atoms with Crippen molar-refractivity contribution in [2.24, 2.45) is 0 Å². The maximum Gasteiger partial charge on any atom is 0.410 e. The number of Topliss-reactive ketones (excluding diaryl/α,β-unsaturated/α-hetero) is 1. The molecule has 1 unspecified atom stereocenters. The van der Waals surface area contributed by atoms with Crippen LogP contribution in [-0.4, -0.2) is 52.5 Å². The van der Waals surface area contributed by atoms with E-state index in [1.165, 1.54) is 17.0 Å². The Balaban J connectivity index is 2.06. The number of rotatable bonds is 6. The highest BCUT2D eigenvalue weighted by molar-refractivity contribution is 9.10. The minimum atomic E-state index is -2.75. The van der Waals surface area contributed by atoms with Gasteiger partial charge in [-0.25, -0.2) is 13.6 Å². The number of esters is 1. The standard InChI is InChI=1S/C24H29BrF2N2O5/c1-6-33-22(31)18(20(30)17-8-7-9-29(17)23(32)34-24(3,4)5)16-11-13-14(21(26)27)10-15(25)12(2)19(13)28-16/h10-11,17-18,21,28H,6-9H2,1-5H3/t17-,18?/m1/s1. The lowest BCUT2D eigenvalue weighted by Crippen LogP contribution is -2.46. The molecule has 1 fully saturated rings. The Bertz CT molecular complexity index is 1110. The minimum Gasteiger partial charge on any atom is -0.465 e. The van der Waals surface area contributed by atoms with Crippen LogP contribution in [0.1, 0.15) is 69.7 Å². The second-order valence-electron chi connectivity index (χ2n) is 9.31. The Morgan fingerprint density at radius 3 is 2.53 bits per heavy atom. The second kappa shape index (κ2) is 10.0. The van der Waals surface area contributed by atoms with Gasteiger partial charge >= 0.3 is 12.1 Å². The van der Waals surface area contributed by atoms with E-state index in [0.717, 1.165) is 0 Å². The Labute approximate surface area is 205 Å². The number of ketones is 1. The number of fused-ring (bicyclic) bond motifs is 1. The van der Waals surface area contributed by atoms with Crippen molar-refractivity contribution in [1.82, 2.24) is 9.88 Å². The maximum absolute atomic E-state index is 13.7. The molecule has 0 radical (unpaired) electrons. The molecule has 2 atom stereocenters. The first-order valence-corrected chi connectivity index (χ1v) is 11.9. The molecule has 1 saturated heterocycles. The van der Waals surface area contributed by atoms with Crippen molar-refractivity contribution in [3.63, 3.8) is 0 Å². The van der Waals surface area contributed by atoms with Gasteiger partial charge in [-0.3, -0.25) is 14.5 Å². The summed E-state index contributed by atoms with van der Waals surface area (Å²) in [5.41, 5.74) is 0.245. The summed E-state index contributed by atoms with van der Waals surface area (Å²) in [7, 11) is 0. The zero-order valence-corrected chi connectivity index (χ0v) is 21.4. The first-order valence-electron chi connectivity index (χ1n) is 11.2. The van der Waals surface area contributed by atoms with E-state index in [9.17, 15) is 23.2 Å². The molecule has 2 heterocycles. The van der Waals surface area contributed by atoms with E-state index in [1.807, 2.05) is 0 Å². The maximum atomic E-state index is 13.7. The molecule has 0 bridgehead atoms. The molecule has 2 aromatic rings. The zero-order valence-electron chi connectivity index (χ0n) is 19.8. The molecule has 10 heteroatoms. The van der Waals surface area contributed by atoms with Gasteiger partial charge in [0.2, 0.25) is 0 Å². The summed E-state index contributed by atoms with van der Waals surface area (Å²) in [6.45, 7) is 8.89. The van der Waals surface area contributed by atoms with Crippen LogP contribution in [0.3, 0.4) is 0 Å². The van der Waals surface area contributed by atoms with E-state index >= 15 is 0 Å². The predicted octanol–water partition coefficient (Wildman–Crippen LogP) is 5.79. The number of halogens is 3. The summed E-state index contributed by atoms with van der Waals surface area (Å²) < 4.78 is 38.5. The van der Waals surface area contributed by atoms with Gasteiger partial charge in [0, 0.05) is 27.7 Å². The van der Waals surface area contributed by atoms with Crippen LogP contribution in [0.15, 0.2) is 16.6 Å². The van der Waals surface area contributed by atoms with E-state index < -0.39 is 41.8 Å². The number of nitrogens with zero attached hydrogens (tertiary/aromatic N) is 1. The average molecular weight is 543 g/mol. The van der Waals surface area contributed by atoms with Gasteiger partial charge in [0.15, 0.2) is 11.7 Å². The summed E-state index contributed by atoms with van der Waals surface area (Å²) in [6, 6.07) is 1.85. The number of nitrogens with one attached hydrogen (secondary N) is 1. The molecule has 1 amide bonds. The first kappa shape index (κ1) is 26.1. The van der Waals surface area contributed by atoms with Gasteiger partial charge in [0.05, 0.1) is 18.2 Å². The third-order valence-corrected chi connectivity index (χ3v) is 6.55. The number of amides is 1. The first-order chi connectivity index (χ1) is 15.9. The number of aromatic nitrogens is 1. The van der Waals surface area contributed by atoms with E-state index in [4.69, 9.17) is 9.47 Å². The molecule has 1 aromatic carbocycles. The Morgan fingerprint density at radius 1 is 1.26 bits per heavy atom. The van der Waals surface area contributed by atoms with Gasteiger partial charge in [-0.05, 0) is 65.2 Å². The van der Waals surface area contributed by atoms with Crippen molar-refractivity contribution in [2.75, 3.05) is 13.2 Å². The van der Waals surface area contributed by atoms with Crippen LogP contribution in [0.4, 0.5) is 13.6 Å². The molecule has 1 aromatic heterocycles. The number of aryl methyl sites for hydroxylation is 1. The molecular weight excluding hydrogens is 514 g/mol. The van der Waals surface area contributed by atoms with Crippen LogP contribution in [-0.2, 0) is 19.1 Å². The number of carbonyl (C=O) groups excluding carboxylic acids is 3. The van der Waals surface area contributed by atoms with Crippen LogP contribution in [0.2, 0.25) is 0 Å². The van der Waals surface area contributed by atoms with Crippen LogP contribution in [0.25, 0.3) is 10.9 Å². The third-order valence-electron chi connectivity index (χ3n) is 5.73. The number of benzene rings is 1. The number of likely N-dealkylation sites (tertiary alicyclic amines) is 1. The Morgan fingerprint density at radius 2 is 1.94 bits per heavy atom. The van der Waals surface area contributed by atoms with Crippen molar-refractivity contribution < 1.29 is 32.6 Å². The highest BCUT2D eigenvalue weighted by Gasteiger charge is 2.43. The quantitative estimate of drug-likeness (QED) is 0.368. The summed E-state index contributed by atoms with van der Waals surface area (Å²) in [5, 5.41) is 0.225. The zero-order chi connectivity index (χ0) is 25.4. The van der Waals surface area contributed by atoms with Gasteiger partial charge in [-0.15, -0.1) is 0 Å². The Kier molecular flexibility index (Phi) is 7.69. The third kappa shape index (κ3) is 5.26. The van der Waals surface area contributed by atoms with Crippen LogP contribution in [0.5, 0.6) is 0 Å². The molecule has 1 N–H and O–H groups in total. The summed E-state index contributed by atoms with van der Waals surface area (Å²) >= 11 is 3.30. The van der Waals surface area contributed by atoms with Crippen molar-refractivity contribution in [3.8, 4) is 0 Å². The molecular formula is C24H29BrF2N2O5. The van der Waals surface area contributed by atoms with Crippen molar-refractivity contribution in [2.45, 2.75) is 71.4 Å². The molecule has 186 valence electrons. The number of alkyl halides is 2. The molecule has 0 saturated carbocycles.